The zero-order valence-electron chi connectivity index (χ0n) is 18.6. The molecule has 1 aliphatic carbocycles. The minimum absolute atomic E-state index is 0.139. The molecule has 0 unspecified atom stereocenters. The fourth-order valence-electron chi connectivity index (χ4n) is 4.90. The van der Waals surface area contributed by atoms with Gasteiger partial charge in [-0.15, -0.1) is 0 Å². The largest absolute Gasteiger partial charge is 0.461 e. The lowest BCUT2D eigenvalue weighted by molar-refractivity contribution is -0.161. The van der Waals surface area contributed by atoms with E-state index in [2.05, 4.69) is 20.8 Å². The number of ketones is 1. The maximum Gasteiger partial charge on any atom is 0.324 e. The molecule has 2 aromatic carbocycles. The minimum atomic E-state index is -1.33. The van der Waals surface area contributed by atoms with Crippen LogP contribution in [0, 0.1) is 17.8 Å². The van der Waals surface area contributed by atoms with Gasteiger partial charge in [0.25, 0.3) is 0 Å². The van der Waals surface area contributed by atoms with Crippen LogP contribution in [0.4, 0.5) is 0 Å². The molecule has 0 aliphatic heterocycles. The van der Waals surface area contributed by atoms with E-state index in [-0.39, 0.29) is 11.9 Å². The Kier molecular flexibility index (Phi) is 7.12. The van der Waals surface area contributed by atoms with Crippen molar-refractivity contribution in [2.45, 2.75) is 64.9 Å². The molecule has 4 atom stereocenters. The Hall–Kier alpha value is -2.42. The van der Waals surface area contributed by atoms with Crippen molar-refractivity contribution in [3.8, 4) is 0 Å². The lowest BCUT2D eigenvalue weighted by atomic mass is 9.71. The van der Waals surface area contributed by atoms with E-state index in [0.717, 1.165) is 19.3 Å². The molecule has 160 valence electrons. The molecule has 0 N–H and O–H groups in total. The van der Waals surface area contributed by atoms with Crippen molar-refractivity contribution in [3.05, 3.63) is 71.8 Å². The highest BCUT2D eigenvalue weighted by molar-refractivity contribution is 6.17. The first-order valence-corrected chi connectivity index (χ1v) is 11.3. The van der Waals surface area contributed by atoms with Gasteiger partial charge in [0.15, 0.2) is 11.2 Å². The van der Waals surface area contributed by atoms with Crippen LogP contribution in [0.15, 0.2) is 60.7 Å². The van der Waals surface area contributed by atoms with Gasteiger partial charge in [-0.3, -0.25) is 9.59 Å². The van der Waals surface area contributed by atoms with Crippen LogP contribution in [0.3, 0.4) is 0 Å². The Morgan fingerprint density at radius 1 is 1.00 bits per heavy atom. The van der Waals surface area contributed by atoms with Gasteiger partial charge >= 0.3 is 5.97 Å². The molecule has 1 aliphatic rings. The van der Waals surface area contributed by atoms with Crippen molar-refractivity contribution < 1.29 is 14.3 Å². The lowest BCUT2D eigenvalue weighted by Gasteiger charge is -2.39. The van der Waals surface area contributed by atoms with Crippen molar-refractivity contribution in [2.24, 2.45) is 17.8 Å². The quantitative estimate of drug-likeness (QED) is 0.311. The average molecular weight is 407 g/mol. The molecule has 3 rings (SSSR count). The number of esters is 1. The van der Waals surface area contributed by atoms with E-state index in [1.54, 1.807) is 12.1 Å². The second-order valence-electron chi connectivity index (χ2n) is 9.09. The van der Waals surface area contributed by atoms with Crippen molar-refractivity contribution in [3.63, 3.8) is 0 Å². The smallest absolute Gasteiger partial charge is 0.324 e. The summed E-state index contributed by atoms with van der Waals surface area (Å²) in [6, 6.07) is 18.5. The summed E-state index contributed by atoms with van der Waals surface area (Å²) in [7, 11) is 0. The molecule has 0 radical (unpaired) electrons. The fourth-order valence-corrected chi connectivity index (χ4v) is 4.90. The maximum absolute atomic E-state index is 13.8. The predicted molar refractivity (Wildman–Crippen MR) is 120 cm³/mol. The first kappa shape index (κ1) is 22.3. The Balaban J connectivity index is 2.01. The lowest BCUT2D eigenvalue weighted by Crippen LogP contribution is -2.48. The molecule has 0 amide bonds. The summed E-state index contributed by atoms with van der Waals surface area (Å²) < 4.78 is 6.23. The van der Waals surface area contributed by atoms with Gasteiger partial charge in [0.1, 0.15) is 6.10 Å². The average Bonchev–Trinajstić information content (AvgIpc) is 2.76. The first-order chi connectivity index (χ1) is 14.4. The number of hydrogen-bond donors (Lipinski definition) is 0. The third kappa shape index (κ3) is 4.35. The molecule has 1 saturated carbocycles. The van der Waals surface area contributed by atoms with E-state index in [1.165, 1.54) is 0 Å². The molecule has 0 saturated heterocycles. The van der Waals surface area contributed by atoms with E-state index in [1.807, 2.05) is 55.5 Å². The molecular formula is C27H34O3. The second kappa shape index (κ2) is 9.59. The van der Waals surface area contributed by atoms with E-state index < -0.39 is 11.4 Å². The standard InChI is InChI=1S/C27H34O3/c1-5-27(22-14-10-7-11-15-22,25(28)21-12-8-6-9-13-21)26(29)30-24-18-20(4)16-17-23(24)19(2)3/h6-15,19-20,23-24H,5,16-18H2,1-4H3/t20-,23-,24+,27+/m1/s1. The summed E-state index contributed by atoms with van der Waals surface area (Å²) in [5.41, 5.74) is -0.0842. The van der Waals surface area contributed by atoms with Crippen LogP contribution in [0.2, 0.25) is 0 Å². The summed E-state index contributed by atoms with van der Waals surface area (Å²) in [6.07, 6.45) is 3.31. The molecule has 0 aromatic heterocycles. The number of ether oxygens (including phenoxy) is 1. The van der Waals surface area contributed by atoms with Gasteiger partial charge in [0, 0.05) is 5.56 Å². The third-order valence-corrected chi connectivity index (χ3v) is 6.79. The summed E-state index contributed by atoms with van der Waals surface area (Å²) in [4.78, 5) is 27.6. The molecular weight excluding hydrogens is 372 g/mol. The highest BCUT2D eigenvalue weighted by Crippen LogP contribution is 2.39. The molecule has 0 bridgehead atoms. The van der Waals surface area contributed by atoms with Gasteiger partial charge in [0.05, 0.1) is 0 Å². The van der Waals surface area contributed by atoms with Crippen molar-refractivity contribution in [2.75, 3.05) is 0 Å². The Labute approximate surface area is 180 Å². The van der Waals surface area contributed by atoms with Gasteiger partial charge in [-0.1, -0.05) is 94.8 Å². The topological polar surface area (TPSA) is 43.4 Å². The van der Waals surface area contributed by atoms with E-state index >= 15 is 0 Å². The normalized spacial score (nSPS) is 23.6. The number of carbonyl (C=O) groups is 2. The van der Waals surface area contributed by atoms with Crippen LogP contribution in [-0.4, -0.2) is 17.9 Å². The van der Waals surface area contributed by atoms with Crippen LogP contribution in [0.5, 0.6) is 0 Å². The molecule has 30 heavy (non-hydrogen) atoms. The third-order valence-electron chi connectivity index (χ3n) is 6.79. The van der Waals surface area contributed by atoms with Crippen LogP contribution in [-0.2, 0) is 14.9 Å². The van der Waals surface area contributed by atoms with Gasteiger partial charge in [-0.2, -0.15) is 0 Å². The summed E-state index contributed by atoms with van der Waals surface area (Å²) in [6.45, 7) is 8.51. The van der Waals surface area contributed by atoms with Crippen LogP contribution in [0.1, 0.15) is 69.3 Å². The number of rotatable bonds is 7. The summed E-state index contributed by atoms with van der Waals surface area (Å²) in [5, 5.41) is 0. The monoisotopic (exact) mass is 406 g/mol. The van der Waals surface area contributed by atoms with Crippen LogP contribution >= 0.6 is 0 Å². The maximum atomic E-state index is 13.8. The van der Waals surface area contributed by atoms with Crippen molar-refractivity contribution in [1.82, 2.24) is 0 Å². The van der Waals surface area contributed by atoms with E-state index in [0.29, 0.717) is 35.3 Å². The number of carbonyl (C=O) groups excluding carboxylic acids is 2. The molecule has 3 nitrogen and oxygen atoms in total. The SMILES string of the molecule is CC[C@@](C(=O)O[C@H]1C[C@H](C)CC[C@@H]1C(C)C)(C(=O)c1ccccc1)c1ccccc1. The molecule has 1 fully saturated rings. The Morgan fingerprint density at radius 2 is 1.60 bits per heavy atom. The van der Waals surface area contributed by atoms with Gasteiger partial charge in [-0.25, -0.2) is 0 Å². The molecule has 2 aromatic rings. The zero-order chi connectivity index (χ0) is 21.7. The minimum Gasteiger partial charge on any atom is -0.461 e. The van der Waals surface area contributed by atoms with Gasteiger partial charge < -0.3 is 4.74 Å². The highest BCUT2D eigenvalue weighted by Gasteiger charge is 2.49. The summed E-state index contributed by atoms with van der Waals surface area (Å²) in [5.74, 6) is 0.701. The molecule has 0 heterocycles. The highest BCUT2D eigenvalue weighted by atomic mass is 16.5. The second-order valence-corrected chi connectivity index (χ2v) is 9.09. The molecule has 3 heteroatoms. The number of Topliss-reactive ketones (excluding diaryl/α,β-unsaturated/α-hetero) is 1. The zero-order valence-corrected chi connectivity index (χ0v) is 18.6. The van der Waals surface area contributed by atoms with Crippen molar-refractivity contribution >= 4 is 11.8 Å². The fraction of sp³-hybridized carbons (Fsp3) is 0.481. The van der Waals surface area contributed by atoms with Crippen LogP contribution in [0.25, 0.3) is 0 Å². The number of hydrogen-bond acceptors (Lipinski definition) is 3. The van der Waals surface area contributed by atoms with Gasteiger partial charge in [0.2, 0.25) is 0 Å². The van der Waals surface area contributed by atoms with E-state index in [4.69, 9.17) is 4.74 Å². The molecule has 0 spiro atoms. The van der Waals surface area contributed by atoms with Gasteiger partial charge in [-0.05, 0) is 42.6 Å². The predicted octanol–water partition coefficient (Wildman–Crippen LogP) is 6.22. The van der Waals surface area contributed by atoms with E-state index in [9.17, 15) is 9.59 Å². The first-order valence-electron chi connectivity index (χ1n) is 11.3. The van der Waals surface area contributed by atoms with Crippen molar-refractivity contribution in [1.29, 1.82) is 0 Å². The number of benzene rings is 2. The summed E-state index contributed by atoms with van der Waals surface area (Å²) >= 11 is 0. The Bertz CT molecular complexity index is 843. The van der Waals surface area contributed by atoms with Crippen LogP contribution < -0.4 is 0 Å². The Morgan fingerprint density at radius 3 is 2.17 bits per heavy atom.